The molecule has 1 aliphatic carbocycles. The average molecular weight is 573 g/mol. The van der Waals surface area contributed by atoms with Gasteiger partial charge >= 0.3 is 12.4 Å². The monoisotopic (exact) mass is 572 g/mol. The van der Waals surface area contributed by atoms with Crippen molar-refractivity contribution < 1.29 is 39.7 Å². The molecule has 0 N–H and O–H groups in total. The molecule has 4 rings (SSSR count). The lowest BCUT2D eigenvalue weighted by molar-refractivity contribution is -0.392. The quantitative estimate of drug-likeness (QED) is 0.265. The number of rotatable bonds is 7. The van der Waals surface area contributed by atoms with Crippen molar-refractivity contribution in [3.05, 3.63) is 101 Å². The Kier molecular flexibility index (Phi) is 8.28. The molecule has 210 valence electrons. The summed E-state index contributed by atoms with van der Waals surface area (Å²) in [5.74, 6) is -0.199. The Morgan fingerprint density at radius 2 is 1.36 bits per heavy atom. The van der Waals surface area contributed by atoms with Crippen molar-refractivity contribution in [3.63, 3.8) is 0 Å². The third-order valence-electron chi connectivity index (χ3n) is 7.38. The van der Waals surface area contributed by atoms with E-state index in [2.05, 4.69) is 0 Å². The second-order valence-electron chi connectivity index (χ2n) is 9.93. The van der Waals surface area contributed by atoms with Crippen molar-refractivity contribution in [1.29, 1.82) is 0 Å². The van der Waals surface area contributed by atoms with Crippen LogP contribution >= 0.6 is 0 Å². The fraction of sp³-hybridized carbons (Fsp3) is 0.379. The first-order chi connectivity index (χ1) is 18.3. The van der Waals surface area contributed by atoms with Crippen molar-refractivity contribution in [2.24, 2.45) is 5.92 Å². The smallest absolute Gasteiger partial charge is 0.349 e. The van der Waals surface area contributed by atoms with Gasteiger partial charge in [-0.05, 0) is 67.0 Å². The molecule has 2 nitrogen and oxygen atoms in total. The highest BCUT2D eigenvalue weighted by atomic mass is 32.2. The number of benzene rings is 3. The number of ether oxygens (including phenoxy) is 1. The molecular weight excluding hydrogens is 545 g/mol. The van der Waals surface area contributed by atoms with Crippen molar-refractivity contribution in [2.75, 3.05) is 0 Å². The van der Waals surface area contributed by atoms with Gasteiger partial charge in [0, 0.05) is 10.5 Å². The van der Waals surface area contributed by atoms with Crippen LogP contribution in [-0.2, 0) is 32.5 Å². The van der Waals surface area contributed by atoms with Gasteiger partial charge in [-0.3, -0.25) is 4.21 Å². The summed E-state index contributed by atoms with van der Waals surface area (Å²) >= 11 is 0. The molecule has 0 saturated heterocycles. The van der Waals surface area contributed by atoms with E-state index in [1.54, 1.807) is 6.07 Å². The van der Waals surface area contributed by atoms with E-state index in [4.69, 9.17) is 4.74 Å². The topological polar surface area (TPSA) is 26.3 Å². The summed E-state index contributed by atoms with van der Waals surface area (Å²) in [6, 6.07) is 16.3. The Morgan fingerprint density at radius 1 is 0.821 bits per heavy atom. The predicted molar refractivity (Wildman–Crippen MR) is 134 cm³/mol. The maximum absolute atomic E-state index is 14.3. The Labute approximate surface area is 224 Å². The fourth-order valence-corrected chi connectivity index (χ4v) is 6.89. The summed E-state index contributed by atoms with van der Waals surface area (Å²) in [6.45, 7) is 1.11. The van der Waals surface area contributed by atoms with E-state index in [9.17, 15) is 34.9 Å². The molecule has 39 heavy (non-hydrogen) atoms. The highest BCUT2D eigenvalue weighted by Gasteiger charge is 2.73. The van der Waals surface area contributed by atoms with Gasteiger partial charge in [0.15, 0.2) is 0 Å². The molecule has 0 heterocycles. The molecule has 1 atom stereocenters. The van der Waals surface area contributed by atoms with Gasteiger partial charge < -0.3 is 4.74 Å². The van der Waals surface area contributed by atoms with E-state index in [1.165, 1.54) is 60.7 Å². The van der Waals surface area contributed by atoms with Crippen LogP contribution in [0.1, 0.15) is 49.3 Å². The third-order valence-corrected chi connectivity index (χ3v) is 9.43. The van der Waals surface area contributed by atoms with Gasteiger partial charge in [0.2, 0.25) is 0 Å². The molecule has 1 aliphatic rings. The van der Waals surface area contributed by atoms with E-state index < -0.39 is 51.5 Å². The normalized spacial score (nSPS) is 21.5. The minimum absolute atomic E-state index is 0.150. The van der Waals surface area contributed by atoms with Gasteiger partial charge in [-0.15, -0.1) is 0 Å². The van der Waals surface area contributed by atoms with Crippen LogP contribution in [-0.4, -0.2) is 16.6 Å². The summed E-state index contributed by atoms with van der Waals surface area (Å²) in [6.07, 6.45) is -9.49. The van der Waals surface area contributed by atoms with Crippen LogP contribution in [0.15, 0.2) is 83.8 Å². The van der Waals surface area contributed by atoms with E-state index in [0.717, 1.165) is 12.1 Å². The Balaban J connectivity index is 1.77. The highest BCUT2D eigenvalue weighted by molar-refractivity contribution is 7.86. The maximum atomic E-state index is 14.3. The molecule has 0 aliphatic heterocycles. The first-order valence-corrected chi connectivity index (χ1v) is 13.5. The second kappa shape index (κ2) is 11.0. The molecule has 0 radical (unpaired) electrons. The summed E-state index contributed by atoms with van der Waals surface area (Å²) in [5.41, 5.74) is -5.17. The standard InChI is InChI=1S/C29H27F7O2S/c1-20-15-17-26(18-16-20,39(37)25-13-11-24(30)12-14-25)22-7-9-23(10-8-22)27(28(31,32)33,29(34,35)36)38-19-21-5-3-2-4-6-21/h2-14,20H,15-19H2,1H3. The number of alkyl halides is 6. The van der Waals surface area contributed by atoms with Crippen LogP contribution in [0.5, 0.6) is 0 Å². The molecule has 1 saturated carbocycles. The maximum Gasteiger partial charge on any atom is 0.430 e. The van der Waals surface area contributed by atoms with Gasteiger partial charge in [0.1, 0.15) is 5.82 Å². The number of hydrogen-bond acceptors (Lipinski definition) is 2. The lowest BCUT2D eigenvalue weighted by Gasteiger charge is -2.40. The van der Waals surface area contributed by atoms with Crippen molar-refractivity contribution in [1.82, 2.24) is 0 Å². The molecule has 1 unspecified atom stereocenters. The van der Waals surface area contributed by atoms with Crippen LogP contribution in [0.4, 0.5) is 30.7 Å². The summed E-state index contributed by atoms with van der Waals surface area (Å²) in [5, 5.41) is 0. The lowest BCUT2D eigenvalue weighted by atomic mass is 9.78. The second-order valence-corrected chi connectivity index (χ2v) is 11.7. The minimum Gasteiger partial charge on any atom is -0.349 e. The summed E-state index contributed by atoms with van der Waals surface area (Å²) < 4.78 is 117. The van der Waals surface area contributed by atoms with Crippen LogP contribution < -0.4 is 0 Å². The SMILES string of the molecule is CC1CCC(c2ccc(C(OCc3ccccc3)(C(F)(F)F)C(F)(F)F)cc2)(S(=O)c2ccc(F)cc2)CC1. The van der Waals surface area contributed by atoms with Crippen molar-refractivity contribution >= 4 is 10.8 Å². The molecule has 0 bridgehead atoms. The Morgan fingerprint density at radius 3 is 1.87 bits per heavy atom. The fourth-order valence-electron chi connectivity index (χ4n) is 5.10. The van der Waals surface area contributed by atoms with Gasteiger partial charge in [-0.25, -0.2) is 4.39 Å². The first-order valence-electron chi connectivity index (χ1n) is 12.4. The van der Waals surface area contributed by atoms with Gasteiger partial charge in [-0.1, -0.05) is 61.5 Å². The molecule has 3 aromatic carbocycles. The molecule has 0 amide bonds. The van der Waals surface area contributed by atoms with E-state index in [-0.39, 0.29) is 5.56 Å². The zero-order valence-electron chi connectivity index (χ0n) is 21.0. The van der Waals surface area contributed by atoms with Crippen molar-refractivity contribution in [2.45, 2.75) is 66.8 Å². The predicted octanol–water partition coefficient (Wildman–Crippen LogP) is 8.58. The van der Waals surface area contributed by atoms with E-state index >= 15 is 0 Å². The van der Waals surface area contributed by atoms with Gasteiger partial charge in [0.05, 0.1) is 22.2 Å². The van der Waals surface area contributed by atoms with Crippen LogP contribution in [0.25, 0.3) is 0 Å². The number of hydrogen-bond donors (Lipinski definition) is 0. The summed E-state index contributed by atoms with van der Waals surface area (Å²) in [7, 11) is -1.74. The largest absolute Gasteiger partial charge is 0.430 e. The van der Waals surface area contributed by atoms with Gasteiger partial charge in [-0.2, -0.15) is 26.3 Å². The zero-order chi connectivity index (χ0) is 28.5. The Hall–Kier alpha value is -2.72. The average Bonchev–Trinajstić information content (AvgIpc) is 2.89. The van der Waals surface area contributed by atoms with Gasteiger partial charge in [0.25, 0.3) is 5.60 Å². The zero-order valence-corrected chi connectivity index (χ0v) is 21.8. The van der Waals surface area contributed by atoms with Crippen LogP contribution in [0.2, 0.25) is 0 Å². The molecule has 0 spiro atoms. The minimum atomic E-state index is -5.82. The molecule has 10 heteroatoms. The van der Waals surface area contributed by atoms with E-state index in [1.807, 2.05) is 6.92 Å². The highest BCUT2D eigenvalue weighted by Crippen LogP contribution is 2.54. The first kappa shape index (κ1) is 29.3. The molecule has 3 aromatic rings. The van der Waals surface area contributed by atoms with Crippen LogP contribution in [0.3, 0.4) is 0 Å². The Bertz CT molecular complexity index is 1250. The molecular formula is C29H27F7O2S. The summed E-state index contributed by atoms with van der Waals surface area (Å²) in [4.78, 5) is 0.334. The molecule has 0 aromatic heterocycles. The lowest BCUT2D eigenvalue weighted by Crippen LogP contribution is -2.55. The molecule has 1 fully saturated rings. The van der Waals surface area contributed by atoms with E-state index in [0.29, 0.717) is 42.1 Å². The number of halogens is 7. The third kappa shape index (κ3) is 5.63. The van der Waals surface area contributed by atoms with Crippen LogP contribution in [0, 0.1) is 11.7 Å². The van der Waals surface area contributed by atoms with Crippen molar-refractivity contribution in [3.8, 4) is 0 Å².